The van der Waals surface area contributed by atoms with Crippen molar-refractivity contribution in [3.05, 3.63) is 108 Å². The molecule has 0 aliphatic heterocycles. The van der Waals surface area contributed by atoms with Crippen molar-refractivity contribution in [3.63, 3.8) is 0 Å². The van der Waals surface area contributed by atoms with Gasteiger partial charge in [0.2, 0.25) is 41.4 Å². The first kappa shape index (κ1) is 53.8. The molecule has 0 saturated carbocycles. The maximum atomic E-state index is 14.8. The van der Waals surface area contributed by atoms with Crippen molar-refractivity contribution in [2.45, 2.75) is 107 Å². The van der Waals surface area contributed by atoms with Crippen LogP contribution in [0.4, 0.5) is 0 Å². The molecule has 0 spiro atoms. The molecule has 16 N–H and O–H groups in total. The fourth-order valence-electron chi connectivity index (χ4n) is 7.54. The van der Waals surface area contributed by atoms with Crippen LogP contribution in [0.25, 0.3) is 10.9 Å². The summed E-state index contributed by atoms with van der Waals surface area (Å²) in [6, 6.07) is 17.0. The van der Waals surface area contributed by atoms with Gasteiger partial charge in [0.1, 0.15) is 36.3 Å². The third-order valence-electron chi connectivity index (χ3n) is 11.1. The molecule has 0 aliphatic rings. The molecule has 1 aromatic heterocycles. The molecule has 4 aromatic rings. The first-order valence-corrected chi connectivity index (χ1v) is 22.7. The number of benzene rings is 3. The number of nitrogens with zero attached hydrogens (tertiary/aromatic N) is 1. The predicted octanol–water partition coefficient (Wildman–Crippen LogP) is -0.343. The quantitative estimate of drug-likeness (QED) is 0.0189. The van der Waals surface area contributed by atoms with Gasteiger partial charge in [-0.2, -0.15) is 0 Å². The second-order valence-corrected chi connectivity index (χ2v) is 16.6. The van der Waals surface area contributed by atoms with Gasteiger partial charge in [0.25, 0.3) is 0 Å². The van der Waals surface area contributed by atoms with Gasteiger partial charge in [-0.25, -0.2) is 0 Å². The first-order chi connectivity index (χ1) is 33.0. The minimum atomic E-state index is -1.37. The van der Waals surface area contributed by atoms with Crippen LogP contribution in [0.1, 0.15) is 68.6 Å². The number of carboxylic acid groups (broad SMARTS) is 1. The minimum Gasteiger partial charge on any atom is -0.481 e. The number of guanidine groups is 1. The molecule has 0 saturated heterocycles. The van der Waals surface area contributed by atoms with E-state index in [-0.39, 0.29) is 57.5 Å². The summed E-state index contributed by atoms with van der Waals surface area (Å²) >= 11 is 0. The van der Waals surface area contributed by atoms with Gasteiger partial charge >= 0.3 is 5.97 Å². The number of H-pyrrole nitrogens is 1. The normalized spacial score (nSPS) is 13.5. The topological polar surface area (TPSA) is 361 Å². The molecule has 1 heterocycles. The van der Waals surface area contributed by atoms with E-state index in [1.807, 2.05) is 24.3 Å². The number of fused-ring (bicyclic) bond motifs is 1. The summed E-state index contributed by atoms with van der Waals surface area (Å²) in [5, 5.41) is 26.2. The lowest BCUT2D eigenvalue weighted by Crippen LogP contribution is -2.60. The van der Waals surface area contributed by atoms with Gasteiger partial charge in [-0.15, -0.1) is 0 Å². The van der Waals surface area contributed by atoms with Crippen LogP contribution in [0, 0.1) is 0 Å². The zero-order chi connectivity index (χ0) is 50.3. The third-order valence-corrected chi connectivity index (χ3v) is 11.1. The zero-order valence-electron chi connectivity index (χ0n) is 38.6. The van der Waals surface area contributed by atoms with Crippen molar-refractivity contribution in [2.24, 2.45) is 27.9 Å². The SMILES string of the molecule is CC(=O)N[C@@H](CCCCN)C(=O)N[C@@H](CCCN=C(N)N)C(=O)N[C@@H](Cc1c[nH]c2ccccc12)C(=O)N[C@@H](Cc1ccccc1)C(=O)N[C@@H](Cc1ccccc1)C(=O)N[C@@H](CCC(=O)O)C(N)=O. The maximum absolute atomic E-state index is 14.8. The number of nitrogens with one attached hydrogen (secondary N) is 7. The van der Waals surface area contributed by atoms with Gasteiger partial charge in [-0.05, 0) is 67.8 Å². The van der Waals surface area contributed by atoms with Gasteiger partial charge in [0.05, 0.1) is 0 Å². The van der Waals surface area contributed by atoms with Gasteiger partial charge in [0, 0.05) is 56.3 Å². The Balaban J connectivity index is 1.70. The molecule has 0 bridgehead atoms. The molecule has 3 aromatic carbocycles. The lowest BCUT2D eigenvalue weighted by molar-refractivity contribution is -0.138. The Kier molecular flexibility index (Phi) is 21.6. The molecule has 21 nitrogen and oxygen atoms in total. The number of aromatic amines is 1. The van der Waals surface area contributed by atoms with Crippen LogP contribution in [0.3, 0.4) is 0 Å². The molecule has 6 atom stereocenters. The summed E-state index contributed by atoms with van der Waals surface area (Å²) in [6.45, 7) is 1.75. The number of carbonyl (C=O) groups is 8. The predicted molar refractivity (Wildman–Crippen MR) is 258 cm³/mol. The zero-order valence-corrected chi connectivity index (χ0v) is 38.6. The number of aromatic nitrogens is 1. The fourth-order valence-corrected chi connectivity index (χ4v) is 7.54. The molecule has 4 rings (SSSR count). The Bertz CT molecular complexity index is 2390. The Morgan fingerprint density at radius 2 is 1.03 bits per heavy atom. The number of para-hydroxylation sites is 1. The van der Waals surface area contributed by atoms with Gasteiger partial charge in [-0.1, -0.05) is 78.9 Å². The summed E-state index contributed by atoms with van der Waals surface area (Å²) in [4.78, 5) is 114. The number of unbranched alkanes of at least 4 members (excludes halogenated alkanes) is 1. The molecule has 0 aliphatic carbocycles. The number of nitrogens with two attached hydrogens (primary N) is 4. The number of hydrogen-bond acceptors (Lipinski definition) is 10. The average molecular weight is 953 g/mol. The molecule has 0 unspecified atom stereocenters. The molecule has 69 heavy (non-hydrogen) atoms. The molecular formula is C48H64N12O9. The van der Waals surface area contributed by atoms with Crippen molar-refractivity contribution in [1.29, 1.82) is 0 Å². The van der Waals surface area contributed by atoms with Crippen molar-refractivity contribution in [1.82, 2.24) is 36.9 Å². The summed E-state index contributed by atoms with van der Waals surface area (Å²) < 4.78 is 0. The third kappa shape index (κ3) is 18.4. The van der Waals surface area contributed by atoms with E-state index in [1.165, 1.54) is 6.92 Å². The second kappa shape index (κ2) is 27.7. The number of aliphatic imine (C=N–C) groups is 1. The Morgan fingerprint density at radius 1 is 0.565 bits per heavy atom. The van der Waals surface area contributed by atoms with Crippen LogP contribution in [0.5, 0.6) is 0 Å². The monoisotopic (exact) mass is 952 g/mol. The molecule has 21 heteroatoms. The molecular weight excluding hydrogens is 889 g/mol. The van der Waals surface area contributed by atoms with Gasteiger partial charge < -0.3 is 64.9 Å². The van der Waals surface area contributed by atoms with Crippen LogP contribution in [-0.2, 0) is 57.6 Å². The number of amides is 7. The highest BCUT2D eigenvalue weighted by molar-refractivity contribution is 5.97. The summed E-state index contributed by atoms with van der Waals surface area (Å²) in [5.41, 5.74) is 24.9. The maximum Gasteiger partial charge on any atom is 0.303 e. The molecule has 0 fully saturated rings. The van der Waals surface area contributed by atoms with Crippen molar-refractivity contribution < 1.29 is 43.5 Å². The molecule has 370 valence electrons. The number of primary amides is 1. The fraction of sp³-hybridized carbons (Fsp3) is 0.396. The lowest BCUT2D eigenvalue weighted by atomic mass is 10.00. The highest BCUT2D eigenvalue weighted by Gasteiger charge is 2.34. The van der Waals surface area contributed by atoms with Crippen molar-refractivity contribution >= 4 is 64.2 Å². The Labute approximate surface area is 399 Å². The van der Waals surface area contributed by atoms with Crippen LogP contribution < -0.4 is 54.8 Å². The number of carbonyl (C=O) groups excluding carboxylic acids is 7. The van der Waals surface area contributed by atoms with E-state index in [4.69, 9.17) is 22.9 Å². The highest BCUT2D eigenvalue weighted by Crippen LogP contribution is 2.20. The number of rotatable bonds is 29. The van der Waals surface area contributed by atoms with Crippen LogP contribution in [0.2, 0.25) is 0 Å². The van der Waals surface area contributed by atoms with Crippen LogP contribution in [-0.4, -0.2) is 113 Å². The van der Waals surface area contributed by atoms with E-state index >= 15 is 0 Å². The Hall–Kier alpha value is -7.81. The minimum absolute atomic E-state index is 0.0161. The summed E-state index contributed by atoms with van der Waals surface area (Å²) in [5.74, 6) is -6.64. The Morgan fingerprint density at radius 3 is 1.54 bits per heavy atom. The smallest absolute Gasteiger partial charge is 0.303 e. The number of aliphatic carboxylic acids is 1. The van der Waals surface area contributed by atoms with E-state index in [2.05, 4.69) is 41.9 Å². The largest absolute Gasteiger partial charge is 0.481 e. The van der Waals surface area contributed by atoms with E-state index in [1.54, 1.807) is 66.9 Å². The standard InChI is InChI=1S/C48H64N12O9/c1-29(61)55-36(19-10-11-23-49)43(65)57-37(20-12-24-53-48(51)52)44(66)60-40(27-32-28-54-34-18-9-8-17-33(32)34)47(69)59-39(26-31-15-6-3-7-16-31)46(68)58-38(25-30-13-4-2-5-14-30)45(67)56-35(42(50)64)21-22-41(62)63/h2-9,13-18,28,35-40,54H,10-12,19-27,49H2,1H3,(H2,50,64)(H,55,61)(H,56,67)(H,57,65)(H,58,68)(H,59,69)(H,60,66)(H,62,63)(H4,51,52,53)/t35-,36-,37-,38-,39-,40-/m0/s1. The lowest BCUT2D eigenvalue weighted by Gasteiger charge is -2.28. The van der Waals surface area contributed by atoms with Gasteiger partial charge in [-0.3, -0.25) is 43.3 Å². The van der Waals surface area contributed by atoms with Crippen LogP contribution >= 0.6 is 0 Å². The highest BCUT2D eigenvalue weighted by atomic mass is 16.4. The van der Waals surface area contributed by atoms with E-state index in [0.29, 0.717) is 36.1 Å². The van der Waals surface area contributed by atoms with Gasteiger partial charge in [0.15, 0.2) is 5.96 Å². The first-order valence-electron chi connectivity index (χ1n) is 22.7. The number of hydrogen-bond donors (Lipinski definition) is 12. The molecule has 7 amide bonds. The van der Waals surface area contributed by atoms with Crippen molar-refractivity contribution in [2.75, 3.05) is 13.1 Å². The second-order valence-electron chi connectivity index (χ2n) is 16.6. The van der Waals surface area contributed by atoms with Crippen LogP contribution in [0.15, 0.2) is 96.1 Å². The van der Waals surface area contributed by atoms with E-state index in [0.717, 1.165) is 10.9 Å². The van der Waals surface area contributed by atoms with Crippen molar-refractivity contribution in [3.8, 4) is 0 Å². The summed E-state index contributed by atoms with van der Waals surface area (Å²) in [6.07, 6.45) is 2.28. The number of carboxylic acids is 1. The summed E-state index contributed by atoms with van der Waals surface area (Å²) in [7, 11) is 0. The molecule has 0 radical (unpaired) electrons. The average Bonchev–Trinajstić information content (AvgIpc) is 3.72. The van der Waals surface area contributed by atoms with E-state index in [9.17, 15) is 43.5 Å². The van der Waals surface area contributed by atoms with E-state index < -0.39 is 90.0 Å².